The number of aliphatic imine (C=N–C) groups is 1. The van der Waals surface area contributed by atoms with Gasteiger partial charge >= 0.3 is 0 Å². The number of nitrogens with one attached hydrogen (secondary N) is 3. The van der Waals surface area contributed by atoms with Crippen molar-refractivity contribution in [2.75, 3.05) is 19.6 Å². The summed E-state index contributed by atoms with van der Waals surface area (Å²) in [6.45, 7) is 9.77. The number of unbranched alkanes of at least 4 members (excludes halogenated alkanes) is 1. The van der Waals surface area contributed by atoms with E-state index in [0.29, 0.717) is 18.7 Å². The second-order valence-corrected chi connectivity index (χ2v) is 6.72. The minimum Gasteiger partial charge on any atom is -0.357 e. The molecule has 8 heteroatoms. The first-order chi connectivity index (χ1) is 14.2. The first kappa shape index (κ1) is 22.4. The average molecular weight is 400 g/mol. The molecule has 0 radical (unpaired) electrons. The summed E-state index contributed by atoms with van der Waals surface area (Å²) in [6.07, 6.45) is 4.68. The molecular formula is C21H33N7O. The third kappa shape index (κ3) is 7.56. The summed E-state index contributed by atoms with van der Waals surface area (Å²) >= 11 is 0. The van der Waals surface area contributed by atoms with E-state index < -0.39 is 0 Å². The van der Waals surface area contributed by atoms with Crippen LogP contribution in [0.25, 0.3) is 0 Å². The number of guanidine groups is 1. The summed E-state index contributed by atoms with van der Waals surface area (Å²) in [4.78, 5) is 16.7. The molecule has 0 atom stereocenters. The molecule has 8 nitrogen and oxygen atoms in total. The van der Waals surface area contributed by atoms with Crippen LogP contribution in [0, 0.1) is 0 Å². The van der Waals surface area contributed by atoms with Crippen LogP contribution in [0.4, 0.5) is 0 Å². The maximum Gasteiger partial charge on any atom is 0.251 e. The summed E-state index contributed by atoms with van der Waals surface area (Å²) in [6, 6.07) is 7.61. The average Bonchev–Trinajstić information content (AvgIpc) is 3.20. The summed E-state index contributed by atoms with van der Waals surface area (Å²) < 4.78 is 2.04. The highest BCUT2D eigenvalue weighted by Gasteiger charge is 2.05. The first-order valence-electron chi connectivity index (χ1n) is 10.4. The quantitative estimate of drug-likeness (QED) is 0.306. The van der Waals surface area contributed by atoms with E-state index in [1.165, 1.54) is 0 Å². The number of rotatable bonds is 11. The lowest BCUT2D eigenvalue weighted by Gasteiger charge is -2.12. The monoisotopic (exact) mass is 399 g/mol. The van der Waals surface area contributed by atoms with Gasteiger partial charge < -0.3 is 20.5 Å². The van der Waals surface area contributed by atoms with Crippen LogP contribution < -0.4 is 16.0 Å². The Labute approximate surface area is 173 Å². The normalized spacial score (nSPS) is 11.3. The number of aryl methyl sites for hydroxylation is 1. The number of aromatic nitrogens is 3. The molecule has 0 bridgehead atoms. The maximum atomic E-state index is 12.1. The van der Waals surface area contributed by atoms with Crippen LogP contribution in [-0.2, 0) is 19.5 Å². The van der Waals surface area contributed by atoms with Crippen LogP contribution in [0.1, 0.15) is 55.4 Å². The lowest BCUT2D eigenvalue weighted by atomic mass is 10.1. The van der Waals surface area contributed by atoms with E-state index in [9.17, 15) is 4.79 Å². The lowest BCUT2D eigenvalue weighted by Crippen LogP contribution is -2.38. The zero-order chi connectivity index (χ0) is 20.9. The maximum absolute atomic E-state index is 12.1. The van der Waals surface area contributed by atoms with Crippen LogP contribution in [-0.4, -0.2) is 46.3 Å². The molecule has 0 aliphatic carbocycles. The first-order valence-corrected chi connectivity index (χ1v) is 10.4. The minimum atomic E-state index is -0.0241. The molecule has 0 saturated heterocycles. The van der Waals surface area contributed by atoms with Gasteiger partial charge in [-0.3, -0.25) is 4.79 Å². The van der Waals surface area contributed by atoms with Gasteiger partial charge in [-0.25, -0.2) is 4.99 Å². The van der Waals surface area contributed by atoms with Gasteiger partial charge in [0.05, 0.1) is 6.54 Å². The molecule has 3 N–H and O–H groups in total. The SMILES string of the molecule is CCCCNC(=O)c1ccc(CN=C(NCC)NCCn2cnnc2CC)cc1. The molecule has 0 spiro atoms. The smallest absolute Gasteiger partial charge is 0.251 e. The molecule has 1 heterocycles. The van der Waals surface area contributed by atoms with Crippen LogP contribution in [0.2, 0.25) is 0 Å². The molecule has 158 valence electrons. The molecule has 0 fully saturated rings. The third-order valence-electron chi connectivity index (χ3n) is 4.45. The van der Waals surface area contributed by atoms with E-state index in [1.807, 2.05) is 35.8 Å². The number of hydrogen-bond donors (Lipinski definition) is 3. The van der Waals surface area contributed by atoms with Gasteiger partial charge in [0.2, 0.25) is 0 Å². The number of nitrogens with zero attached hydrogens (tertiary/aromatic N) is 4. The fourth-order valence-corrected chi connectivity index (χ4v) is 2.79. The molecule has 1 aromatic carbocycles. The standard InChI is InChI=1S/C21H33N7O/c1-4-7-12-23-20(29)18-10-8-17(9-11-18)15-25-21(22-6-3)24-13-14-28-16-26-27-19(28)5-2/h8-11,16H,4-7,12-15H2,1-3H3,(H,23,29)(H2,22,24,25). The number of amides is 1. The summed E-state index contributed by atoms with van der Waals surface area (Å²) in [5.74, 6) is 1.72. The van der Waals surface area contributed by atoms with Crippen molar-refractivity contribution in [3.8, 4) is 0 Å². The second-order valence-electron chi connectivity index (χ2n) is 6.72. The molecule has 0 unspecified atom stereocenters. The van der Waals surface area contributed by atoms with Gasteiger partial charge in [0.25, 0.3) is 5.91 Å². The zero-order valence-corrected chi connectivity index (χ0v) is 17.7. The predicted octanol–water partition coefficient (Wildman–Crippen LogP) is 2.13. The Morgan fingerprint density at radius 2 is 1.86 bits per heavy atom. The second kappa shape index (κ2) is 12.5. The minimum absolute atomic E-state index is 0.0241. The number of hydrogen-bond acceptors (Lipinski definition) is 4. The molecule has 0 saturated carbocycles. The molecule has 29 heavy (non-hydrogen) atoms. The summed E-state index contributed by atoms with van der Waals surface area (Å²) in [5.41, 5.74) is 1.74. The van der Waals surface area contributed by atoms with Crippen LogP contribution >= 0.6 is 0 Å². The van der Waals surface area contributed by atoms with Crippen molar-refractivity contribution in [2.45, 2.75) is 53.1 Å². The Kier molecular flexibility index (Phi) is 9.68. The molecule has 1 aromatic heterocycles. The van der Waals surface area contributed by atoms with E-state index in [1.54, 1.807) is 6.33 Å². The van der Waals surface area contributed by atoms with Gasteiger partial charge in [0.15, 0.2) is 5.96 Å². The number of carbonyl (C=O) groups excluding carboxylic acids is 1. The largest absolute Gasteiger partial charge is 0.357 e. The molecular weight excluding hydrogens is 366 g/mol. The predicted molar refractivity (Wildman–Crippen MR) is 116 cm³/mol. The molecule has 0 aliphatic rings. The molecule has 0 aliphatic heterocycles. The Hall–Kier alpha value is -2.90. The lowest BCUT2D eigenvalue weighted by molar-refractivity contribution is 0.0953. The fourth-order valence-electron chi connectivity index (χ4n) is 2.79. The van der Waals surface area contributed by atoms with Crippen molar-refractivity contribution in [1.29, 1.82) is 0 Å². The van der Waals surface area contributed by atoms with Gasteiger partial charge in [-0.1, -0.05) is 32.4 Å². The Morgan fingerprint density at radius 1 is 1.07 bits per heavy atom. The van der Waals surface area contributed by atoms with Crippen LogP contribution in [0.3, 0.4) is 0 Å². The van der Waals surface area contributed by atoms with Gasteiger partial charge in [-0.15, -0.1) is 10.2 Å². The van der Waals surface area contributed by atoms with E-state index in [0.717, 1.165) is 56.2 Å². The van der Waals surface area contributed by atoms with E-state index in [-0.39, 0.29) is 5.91 Å². The van der Waals surface area contributed by atoms with Crippen molar-refractivity contribution < 1.29 is 4.79 Å². The van der Waals surface area contributed by atoms with Gasteiger partial charge in [-0.05, 0) is 31.0 Å². The van der Waals surface area contributed by atoms with Crippen molar-refractivity contribution >= 4 is 11.9 Å². The van der Waals surface area contributed by atoms with Crippen molar-refractivity contribution in [3.05, 3.63) is 47.5 Å². The topological polar surface area (TPSA) is 96.2 Å². The van der Waals surface area contributed by atoms with Gasteiger partial charge in [0, 0.05) is 38.2 Å². The van der Waals surface area contributed by atoms with Gasteiger partial charge in [0.1, 0.15) is 12.2 Å². The van der Waals surface area contributed by atoms with E-state index >= 15 is 0 Å². The van der Waals surface area contributed by atoms with Crippen molar-refractivity contribution in [1.82, 2.24) is 30.7 Å². The molecule has 2 aromatic rings. The summed E-state index contributed by atoms with van der Waals surface area (Å²) in [5, 5.41) is 17.6. The van der Waals surface area contributed by atoms with E-state index in [2.05, 4.69) is 45.0 Å². The number of carbonyl (C=O) groups is 1. The van der Waals surface area contributed by atoms with Crippen LogP contribution in [0.5, 0.6) is 0 Å². The fraction of sp³-hybridized carbons (Fsp3) is 0.524. The van der Waals surface area contributed by atoms with Gasteiger partial charge in [-0.2, -0.15) is 0 Å². The zero-order valence-electron chi connectivity index (χ0n) is 17.7. The highest BCUT2D eigenvalue weighted by atomic mass is 16.1. The highest BCUT2D eigenvalue weighted by molar-refractivity contribution is 5.94. The Bertz CT molecular complexity index is 768. The number of benzene rings is 1. The van der Waals surface area contributed by atoms with E-state index in [4.69, 9.17) is 0 Å². The molecule has 1 amide bonds. The highest BCUT2D eigenvalue weighted by Crippen LogP contribution is 2.06. The van der Waals surface area contributed by atoms with Crippen molar-refractivity contribution in [3.63, 3.8) is 0 Å². The Balaban J connectivity index is 1.86. The van der Waals surface area contributed by atoms with Crippen LogP contribution in [0.15, 0.2) is 35.6 Å². The Morgan fingerprint density at radius 3 is 2.55 bits per heavy atom. The van der Waals surface area contributed by atoms with Crippen molar-refractivity contribution in [2.24, 2.45) is 4.99 Å². The third-order valence-corrected chi connectivity index (χ3v) is 4.45. The molecule has 2 rings (SSSR count). The summed E-state index contributed by atoms with van der Waals surface area (Å²) in [7, 11) is 0.